The maximum atomic E-state index is 13.8. The van der Waals surface area contributed by atoms with Crippen LogP contribution in [0.25, 0.3) is 0 Å². The van der Waals surface area contributed by atoms with Crippen LogP contribution in [-0.4, -0.2) is 23.2 Å². The maximum Gasteiger partial charge on any atom is 0.231 e. The Morgan fingerprint density at radius 1 is 1.45 bits per heavy atom. The third kappa shape index (κ3) is 2.55. The van der Waals surface area contributed by atoms with Gasteiger partial charge in [0, 0.05) is 13.0 Å². The van der Waals surface area contributed by atoms with Crippen molar-refractivity contribution in [3.8, 4) is 0 Å². The highest BCUT2D eigenvalue weighted by atomic mass is 35.5. The fraction of sp³-hybridized carbons (Fsp3) is 0.429. The van der Waals surface area contributed by atoms with E-state index in [0.29, 0.717) is 23.2 Å². The van der Waals surface area contributed by atoms with Crippen molar-refractivity contribution >= 4 is 11.6 Å². The fourth-order valence-corrected chi connectivity index (χ4v) is 2.68. The number of hydrogen-bond acceptors (Lipinski definition) is 4. The molecule has 2 heterocycles. The van der Waals surface area contributed by atoms with Gasteiger partial charge in [-0.1, -0.05) is 35.8 Å². The molecule has 2 aromatic rings. The third-order valence-electron chi connectivity index (χ3n) is 3.70. The molecule has 3 rings (SSSR count). The molecule has 0 radical (unpaired) electrons. The molecule has 20 heavy (non-hydrogen) atoms. The standard InChI is InChI=1S/C14H15ClFN3O/c1-8-6-17-7-10(8)14-18-12(19-20-14)5-9-3-2-4-11(15)13(9)16/h2-4,8,10,17H,5-7H2,1H3. The molecule has 1 aliphatic rings. The second-order valence-corrected chi connectivity index (χ2v) is 5.59. The van der Waals surface area contributed by atoms with Crippen molar-refractivity contribution < 1.29 is 8.91 Å². The molecule has 0 bridgehead atoms. The normalized spacial score (nSPS) is 22.4. The molecule has 2 atom stereocenters. The summed E-state index contributed by atoms with van der Waals surface area (Å²) in [6, 6.07) is 4.91. The van der Waals surface area contributed by atoms with Gasteiger partial charge in [0.15, 0.2) is 5.82 Å². The molecule has 1 aromatic carbocycles. The summed E-state index contributed by atoms with van der Waals surface area (Å²) < 4.78 is 19.1. The van der Waals surface area contributed by atoms with Gasteiger partial charge in [0.25, 0.3) is 0 Å². The van der Waals surface area contributed by atoms with E-state index in [4.69, 9.17) is 16.1 Å². The van der Waals surface area contributed by atoms with E-state index in [1.165, 1.54) is 6.07 Å². The van der Waals surface area contributed by atoms with E-state index in [0.717, 1.165) is 13.1 Å². The van der Waals surface area contributed by atoms with Crippen LogP contribution in [0.2, 0.25) is 5.02 Å². The lowest BCUT2D eigenvalue weighted by molar-refractivity contribution is 0.337. The Labute approximate surface area is 121 Å². The number of benzene rings is 1. The summed E-state index contributed by atoms with van der Waals surface area (Å²) in [5, 5.41) is 7.34. The Balaban J connectivity index is 1.79. The first-order valence-electron chi connectivity index (χ1n) is 6.61. The van der Waals surface area contributed by atoms with Gasteiger partial charge < -0.3 is 9.84 Å². The van der Waals surface area contributed by atoms with Gasteiger partial charge in [-0.05, 0) is 24.1 Å². The second-order valence-electron chi connectivity index (χ2n) is 5.18. The molecule has 0 saturated carbocycles. The molecule has 1 aliphatic heterocycles. The Kier molecular flexibility index (Phi) is 3.72. The van der Waals surface area contributed by atoms with Gasteiger partial charge in [-0.2, -0.15) is 4.98 Å². The predicted molar refractivity (Wildman–Crippen MR) is 73.3 cm³/mol. The number of hydrogen-bond donors (Lipinski definition) is 1. The smallest absolute Gasteiger partial charge is 0.231 e. The molecule has 1 fully saturated rings. The first-order chi connectivity index (χ1) is 9.65. The topological polar surface area (TPSA) is 51.0 Å². The first kappa shape index (κ1) is 13.5. The SMILES string of the molecule is CC1CNCC1c1nc(Cc2cccc(Cl)c2F)no1. The van der Waals surface area contributed by atoms with Crippen LogP contribution in [0.4, 0.5) is 4.39 Å². The van der Waals surface area contributed by atoms with Crippen molar-refractivity contribution in [1.29, 1.82) is 0 Å². The van der Waals surface area contributed by atoms with E-state index >= 15 is 0 Å². The van der Waals surface area contributed by atoms with Crippen LogP contribution in [-0.2, 0) is 6.42 Å². The molecule has 0 spiro atoms. The fourth-order valence-electron chi connectivity index (χ4n) is 2.49. The molecule has 4 nitrogen and oxygen atoms in total. The average molecular weight is 296 g/mol. The van der Waals surface area contributed by atoms with Crippen LogP contribution < -0.4 is 5.32 Å². The molecule has 0 amide bonds. The number of nitrogens with zero attached hydrogens (tertiary/aromatic N) is 2. The summed E-state index contributed by atoms with van der Waals surface area (Å²) in [4.78, 5) is 4.38. The largest absolute Gasteiger partial charge is 0.339 e. The minimum absolute atomic E-state index is 0.111. The van der Waals surface area contributed by atoms with Gasteiger partial charge in [-0.25, -0.2) is 4.39 Å². The van der Waals surface area contributed by atoms with Crippen LogP contribution in [0, 0.1) is 11.7 Å². The van der Waals surface area contributed by atoms with Crippen molar-refractivity contribution in [3.63, 3.8) is 0 Å². The van der Waals surface area contributed by atoms with Gasteiger partial charge in [0.05, 0.1) is 10.9 Å². The Morgan fingerprint density at radius 3 is 3.05 bits per heavy atom. The van der Waals surface area contributed by atoms with Crippen LogP contribution in [0.3, 0.4) is 0 Å². The summed E-state index contributed by atoms with van der Waals surface area (Å²) >= 11 is 5.76. The maximum absolute atomic E-state index is 13.8. The van der Waals surface area contributed by atoms with E-state index in [1.54, 1.807) is 12.1 Å². The summed E-state index contributed by atoms with van der Waals surface area (Å²) in [7, 11) is 0. The highest BCUT2D eigenvalue weighted by Crippen LogP contribution is 2.27. The number of aromatic nitrogens is 2. The lowest BCUT2D eigenvalue weighted by Gasteiger charge is -2.07. The molecule has 0 aliphatic carbocycles. The zero-order chi connectivity index (χ0) is 14.1. The molecular weight excluding hydrogens is 281 g/mol. The highest BCUT2D eigenvalue weighted by molar-refractivity contribution is 6.30. The van der Waals surface area contributed by atoms with Crippen LogP contribution in [0.15, 0.2) is 22.7 Å². The van der Waals surface area contributed by atoms with Gasteiger partial charge in [-0.15, -0.1) is 0 Å². The third-order valence-corrected chi connectivity index (χ3v) is 3.99. The van der Waals surface area contributed by atoms with E-state index in [-0.39, 0.29) is 17.4 Å². The Bertz CT molecular complexity index is 616. The summed E-state index contributed by atoms with van der Waals surface area (Å²) in [5.74, 6) is 1.39. The Hall–Kier alpha value is -1.46. The quantitative estimate of drug-likeness (QED) is 0.946. The number of halogens is 2. The molecule has 6 heteroatoms. The van der Waals surface area contributed by atoms with E-state index in [9.17, 15) is 4.39 Å². The highest BCUT2D eigenvalue weighted by Gasteiger charge is 2.29. The van der Waals surface area contributed by atoms with Crippen molar-refractivity contribution in [2.75, 3.05) is 13.1 Å². The monoisotopic (exact) mass is 295 g/mol. The molecule has 1 N–H and O–H groups in total. The molecule has 1 saturated heterocycles. The molecule has 106 valence electrons. The lowest BCUT2D eigenvalue weighted by Crippen LogP contribution is -2.08. The number of rotatable bonds is 3. The predicted octanol–water partition coefficient (Wildman–Crippen LogP) is 2.78. The van der Waals surface area contributed by atoms with Crippen molar-refractivity contribution in [1.82, 2.24) is 15.5 Å². The summed E-state index contributed by atoms with van der Waals surface area (Å²) in [6.45, 7) is 3.94. The van der Waals surface area contributed by atoms with Crippen LogP contribution >= 0.6 is 11.6 Å². The minimum atomic E-state index is -0.420. The summed E-state index contributed by atoms with van der Waals surface area (Å²) in [6.07, 6.45) is 0.282. The van der Waals surface area contributed by atoms with Crippen LogP contribution in [0.5, 0.6) is 0 Å². The van der Waals surface area contributed by atoms with Crippen molar-refractivity contribution in [3.05, 3.63) is 46.3 Å². The molecular formula is C14H15ClFN3O. The summed E-state index contributed by atoms with van der Waals surface area (Å²) in [5.41, 5.74) is 0.474. The zero-order valence-corrected chi connectivity index (χ0v) is 11.8. The van der Waals surface area contributed by atoms with Gasteiger partial charge in [-0.3, -0.25) is 0 Å². The molecule has 1 aromatic heterocycles. The zero-order valence-electron chi connectivity index (χ0n) is 11.1. The average Bonchev–Trinajstić information content (AvgIpc) is 3.04. The van der Waals surface area contributed by atoms with E-state index in [1.807, 2.05) is 0 Å². The van der Waals surface area contributed by atoms with Gasteiger partial charge in [0.2, 0.25) is 5.89 Å². The van der Waals surface area contributed by atoms with E-state index in [2.05, 4.69) is 22.4 Å². The van der Waals surface area contributed by atoms with Crippen LogP contribution in [0.1, 0.15) is 30.1 Å². The molecule has 2 unspecified atom stereocenters. The second kappa shape index (κ2) is 5.50. The van der Waals surface area contributed by atoms with E-state index < -0.39 is 5.82 Å². The van der Waals surface area contributed by atoms with Gasteiger partial charge in [0.1, 0.15) is 5.82 Å². The number of nitrogens with one attached hydrogen (secondary N) is 1. The minimum Gasteiger partial charge on any atom is -0.339 e. The first-order valence-corrected chi connectivity index (χ1v) is 6.99. The van der Waals surface area contributed by atoms with Crippen molar-refractivity contribution in [2.24, 2.45) is 5.92 Å². The Morgan fingerprint density at radius 2 is 2.30 bits per heavy atom. The van der Waals surface area contributed by atoms with Crippen molar-refractivity contribution in [2.45, 2.75) is 19.3 Å². The van der Waals surface area contributed by atoms with Gasteiger partial charge >= 0.3 is 0 Å². The lowest BCUT2D eigenvalue weighted by atomic mass is 9.98.